The van der Waals surface area contributed by atoms with Gasteiger partial charge in [0, 0.05) is 12.5 Å². The van der Waals surface area contributed by atoms with E-state index in [1.165, 1.54) is 0 Å². The van der Waals surface area contributed by atoms with Gasteiger partial charge in [-0.2, -0.15) is 0 Å². The number of piperidine rings is 1. The van der Waals surface area contributed by atoms with Gasteiger partial charge in [0.25, 0.3) is 0 Å². The van der Waals surface area contributed by atoms with Gasteiger partial charge in [0.1, 0.15) is 0 Å². The lowest BCUT2D eigenvalue weighted by Crippen LogP contribution is -2.29. The van der Waals surface area contributed by atoms with E-state index in [0.29, 0.717) is 18.7 Å². The fraction of sp³-hybridized carbons (Fsp3) is 0.769. The molecule has 1 aromatic rings. The SMILES string of the molecule is CC(C)(O)CCn1nnc(C(=O)O)c1C1CCNCC1. The van der Waals surface area contributed by atoms with Crippen LogP contribution in [0.5, 0.6) is 0 Å². The van der Waals surface area contributed by atoms with Gasteiger partial charge in [0.2, 0.25) is 0 Å². The van der Waals surface area contributed by atoms with Crippen molar-refractivity contribution in [1.29, 1.82) is 0 Å². The zero-order valence-corrected chi connectivity index (χ0v) is 12.0. The molecule has 1 aromatic heterocycles. The van der Waals surface area contributed by atoms with Gasteiger partial charge in [-0.1, -0.05) is 5.21 Å². The summed E-state index contributed by atoms with van der Waals surface area (Å²) >= 11 is 0. The summed E-state index contributed by atoms with van der Waals surface area (Å²) in [6.07, 6.45) is 2.28. The Bertz CT molecular complexity index is 472. The molecule has 0 atom stereocenters. The van der Waals surface area contributed by atoms with Crippen molar-refractivity contribution in [3.63, 3.8) is 0 Å². The molecule has 0 saturated carbocycles. The highest BCUT2D eigenvalue weighted by Crippen LogP contribution is 2.27. The molecular formula is C13H22N4O3. The molecule has 0 spiro atoms. The second kappa shape index (κ2) is 5.88. The number of carboxylic acid groups (broad SMARTS) is 1. The van der Waals surface area contributed by atoms with E-state index in [0.717, 1.165) is 25.9 Å². The predicted molar refractivity (Wildman–Crippen MR) is 72.7 cm³/mol. The lowest BCUT2D eigenvalue weighted by Gasteiger charge is -2.24. The highest BCUT2D eigenvalue weighted by atomic mass is 16.4. The Morgan fingerprint density at radius 3 is 2.65 bits per heavy atom. The molecule has 2 rings (SSSR count). The molecule has 0 amide bonds. The molecule has 1 aliphatic rings. The summed E-state index contributed by atoms with van der Waals surface area (Å²) in [6.45, 7) is 5.68. The van der Waals surface area contributed by atoms with Crippen LogP contribution in [0, 0.1) is 0 Å². The average Bonchev–Trinajstić information content (AvgIpc) is 2.80. The summed E-state index contributed by atoms with van der Waals surface area (Å²) in [4.78, 5) is 11.3. The summed E-state index contributed by atoms with van der Waals surface area (Å²) in [7, 11) is 0. The van der Waals surface area contributed by atoms with Gasteiger partial charge >= 0.3 is 5.97 Å². The Balaban J connectivity index is 2.24. The first-order valence-corrected chi connectivity index (χ1v) is 6.98. The molecule has 0 radical (unpaired) electrons. The van der Waals surface area contributed by atoms with E-state index < -0.39 is 11.6 Å². The zero-order chi connectivity index (χ0) is 14.8. The predicted octanol–water partition coefficient (Wildman–Crippen LogP) is 0.604. The van der Waals surface area contributed by atoms with Gasteiger partial charge in [-0.15, -0.1) is 5.10 Å². The molecule has 0 aromatic carbocycles. The van der Waals surface area contributed by atoms with Gasteiger partial charge < -0.3 is 15.5 Å². The number of hydrogen-bond donors (Lipinski definition) is 3. The monoisotopic (exact) mass is 282 g/mol. The average molecular weight is 282 g/mol. The zero-order valence-electron chi connectivity index (χ0n) is 12.0. The van der Waals surface area contributed by atoms with E-state index in [1.807, 2.05) is 0 Å². The topological polar surface area (TPSA) is 100 Å². The minimum Gasteiger partial charge on any atom is -0.476 e. The van der Waals surface area contributed by atoms with E-state index >= 15 is 0 Å². The van der Waals surface area contributed by atoms with E-state index in [4.69, 9.17) is 0 Å². The quantitative estimate of drug-likeness (QED) is 0.731. The van der Waals surface area contributed by atoms with E-state index in [1.54, 1.807) is 18.5 Å². The van der Waals surface area contributed by atoms with Crippen molar-refractivity contribution in [1.82, 2.24) is 20.3 Å². The number of nitrogens with one attached hydrogen (secondary N) is 1. The van der Waals surface area contributed by atoms with Crippen molar-refractivity contribution in [2.24, 2.45) is 0 Å². The Morgan fingerprint density at radius 1 is 1.45 bits per heavy atom. The third-order valence-corrected chi connectivity index (χ3v) is 3.64. The van der Waals surface area contributed by atoms with Crippen LogP contribution in [0.1, 0.15) is 55.2 Å². The fourth-order valence-corrected chi connectivity index (χ4v) is 2.52. The van der Waals surface area contributed by atoms with Crippen LogP contribution in [-0.2, 0) is 6.54 Å². The van der Waals surface area contributed by atoms with Crippen LogP contribution in [0.2, 0.25) is 0 Å². The number of aromatic nitrogens is 3. The molecular weight excluding hydrogens is 260 g/mol. The molecule has 3 N–H and O–H groups in total. The van der Waals surface area contributed by atoms with Gasteiger partial charge in [-0.3, -0.25) is 0 Å². The smallest absolute Gasteiger partial charge is 0.358 e. The number of carboxylic acids is 1. The molecule has 20 heavy (non-hydrogen) atoms. The Kier molecular flexibility index (Phi) is 4.39. The second-order valence-corrected chi connectivity index (χ2v) is 5.94. The largest absolute Gasteiger partial charge is 0.476 e. The minimum absolute atomic E-state index is 0.0487. The fourth-order valence-electron chi connectivity index (χ4n) is 2.52. The first kappa shape index (κ1) is 14.9. The van der Waals surface area contributed by atoms with Crippen LogP contribution in [-0.4, -0.2) is 49.9 Å². The van der Waals surface area contributed by atoms with Crippen molar-refractivity contribution in [2.75, 3.05) is 13.1 Å². The van der Waals surface area contributed by atoms with Gasteiger partial charge in [-0.25, -0.2) is 9.48 Å². The van der Waals surface area contributed by atoms with Gasteiger partial charge in [0.15, 0.2) is 5.69 Å². The van der Waals surface area contributed by atoms with Crippen LogP contribution in [0.4, 0.5) is 0 Å². The molecule has 1 saturated heterocycles. The molecule has 112 valence electrons. The third kappa shape index (κ3) is 3.55. The standard InChI is InChI=1S/C13H22N4O3/c1-13(2,20)5-8-17-11(9-3-6-14-7-4-9)10(12(18)19)15-16-17/h9,14,20H,3-8H2,1-2H3,(H,18,19). The van der Waals surface area contributed by atoms with Crippen molar-refractivity contribution >= 4 is 5.97 Å². The number of rotatable bonds is 5. The first-order valence-electron chi connectivity index (χ1n) is 6.98. The number of carbonyl (C=O) groups is 1. The maximum Gasteiger partial charge on any atom is 0.358 e. The summed E-state index contributed by atoms with van der Waals surface area (Å²) in [5, 5.41) is 30.1. The normalized spacial score (nSPS) is 17.4. The minimum atomic E-state index is -1.03. The highest BCUT2D eigenvalue weighted by Gasteiger charge is 2.28. The van der Waals surface area contributed by atoms with E-state index in [-0.39, 0.29) is 11.6 Å². The Hall–Kier alpha value is -1.47. The Morgan fingerprint density at radius 2 is 2.10 bits per heavy atom. The highest BCUT2D eigenvalue weighted by molar-refractivity contribution is 5.86. The molecule has 0 bridgehead atoms. The maximum absolute atomic E-state index is 11.3. The van der Waals surface area contributed by atoms with Crippen LogP contribution < -0.4 is 5.32 Å². The summed E-state index contributed by atoms with van der Waals surface area (Å²) in [5.41, 5.74) is -0.0586. The molecule has 0 unspecified atom stereocenters. The van der Waals surface area contributed by atoms with Crippen molar-refractivity contribution in [3.8, 4) is 0 Å². The number of nitrogens with zero attached hydrogens (tertiary/aromatic N) is 3. The van der Waals surface area contributed by atoms with E-state index in [9.17, 15) is 15.0 Å². The van der Waals surface area contributed by atoms with Crippen molar-refractivity contribution in [3.05, 3.63) is 11.4 Å². The van der Waals surface area contributed by atoms with Crippen LogP contribution in [0.3, 0.4) is 0 Å². The summed E-state index contributed by atoms with van der Waals surface area (Å²) in [5.74, 6) is -0.868. The van der Waals surface area contributed by atoms with Gasteiger partial charge in [-0.05, 0) is 46.2 Å². The molecule has 7 nitrogen and oxygen atoms in total. The summed E-state index contributed by atoms with van der Waals surface area (Å²) < 4.78 is 1.65. The van der Waals surface area contributed by atoms with Crippen LogP contribution in [0.25, 0.3) is 0 Å². The third-order valence-electron chi connectivity index (χ3n) is 3.64. The lowest BCUT2D eigenvalue weighted by molar-refractivity contribution is 0.0645. The first-order chi connectivity index (χ1) is 9.38. The number of aliphatic hydroxyl groups is 1. The molecule has 1 fully saturated rings. The number of aromatic carboxylic acids is 1. The molecule has 7 heteroatoms. The lowest BCUT2D eigenvalue weighted by atomic mass is 9.93. The molecule has 1 aliphatic heterocycles. The summed E-state index contributed by atoms with van der Waals surface area (Å²) in [6, 6.07) is 0. The number of hydrogen-bond acceptors (Lipinski definition) is 5. The van der Waals surface area contributed by atoms with Crippen molar-refractivity contribution in [2.45, 2.75) is 51.2 Å². The van der Waals surface area contributed by atoms with Crippen LogP contribution >= 0.6 is 0 Å². The second-order valence-electron chi connectivity index (χ2n) is 5.94. The molecule has 0 aliphatic carbocycles. The Labute approximate surface area is 118 Å². The van der Waals surface area contributed by atoms with Gasteiger partial charge in [0.05, 0.1) is 11.3 Å². The van der Waals surface area contributed by atoms with E-state index in [2.05, 4.69) is 15.6 Å². The maximum atomic E-state index is 11.3. The molecule has 2 heterocycles. The number of aryl methyl sites for hydroxylation is 1. The van der Waals surface area contributed by atoms with Crippen LogP contribution in [0.15, 0.2) is 0 Å². The van der Waals surface area contributed by atoms with Crippen molar-refractivity contribution < 1.29 is 15.0 Å².